The quantitative estimate of drug-likeness (QED) is 0.132. The van der Waals surface area contributed by atoms with Crippen molar-refractivity contribution in [3.8, 4) is 5.75 Å². The second-order valence-electron chi connectivity index (χ2n) is 11.3. The first kappa shape index (κ1) is 35.5. The highest BCUT2D eigenvalue weighted by Gasteiger charge is 2.34. The van der Waals surface area contributed by atoms with Gasteiger partial charge in [0, 0.05) is 24.5 Å². The van der Waals surface area contributed by atoms with Gasteiger partial charge in [0.25, 0.3) is 10.0 Å². The maximum absolute atomic E-state index is 14.6. The van der Waals surface area contributed by atoms with E-state index in [-0.39, 0.29) is 23.8 Å². The topological polar surface area (TPSA) is 96.0 Å². The summed E-state index contributed by atoms with van der Waals surface area (Å²) in [6.45, 7) is 6.19. The summed E-state index contributed by atoms with van der Waals surface area (Å²) in [5.41, 5.74) is 2.84. The standard InChI is InChI=1S/C37H42ClN3O5S/c1-4-6-23-39-37(43)35(25-29-11-8-7-9-12-29)40(26-30-13-10-14-31(38)24-30)36(42)27-41(32-17-15-28(3)16-18-32)47(44,45)34-21-19-33(20-22-34)46-5-2/h7-22,24,35H,4-6,23,25-27H2,1-3H3,(H,39,43)/t35-/m0/s1. The van der Waals surface area contributed by atoms with Crippen LogP contribution in [0.5, 0.6) is 5.75 Å². The van der Waals surface area contributed by atoms with Crippen LogP contribution in [0.25, 0.3) is 0 Å². The molecule has 1 N–H and O–H groups in total. The highest BCUT2D eigenvalue weighted by atomic mass is 35.5. The number of hydrogen-bond donors (Lipinski definition) is 1. The lowest BCUT2D eigenvalue weighted by Crippen LogP contribution is -2.53. The van der Waals surface area contributed by atoms with Gasteiger partial charge in [-0.15, -0.1) is 0 Å². The molecule has 0 saturated carbocycles. The summed E-state index contributed by atoms with van der Waals surface area (Å²) >= 11 is 6.32. The molecule has 0 spiro atoms. The normalized spacial score (nSPS) is 11.8. The van der Waals surface area contributed by atoms with Gasteiger partial charge in [-0.05, 0) is 79.9 Å². The SMILES string of the molecule is CCCCNC(=O)[C@H](Cc1ccccc1)N(Cc1cccc(Cl)c1)C(=O)CN(c1ccc(C)cc1)S(=O)(=O)c1ccc(OCC)cc1. The number of nitrogens with zero attached hydrogens (tertiary/aromatic N) is 2. The van der Waals surface area contributed by atoms with Crippen molar-refractivity contribution >= 4 is 39.1 Å². The minimum atomic E-state index is -4.22. The Balaban J connectivity index is 1.78. The Labute approximate surface area is 283 Å². The number of rotatable bonds is 16. The van der Waals surface area contributed by atoms with Crippen LogP contribution in [0.15, 0.2) is 108 Å². The second kappa shape index (κ2) is 17.0. The molecule has 248 valence electrons. The predicted molar refractivity (Wildman–Crippen MR) is 187 cm³/mol. The number of nitrogens with one attached hydrogen (secondary N) is 1. The highest BCUT2D eigenvalue weighted by molar-refractivity contribution is 7.92. The molecule has 0 radical (unpaired) electrons. The van der Waals surface area contributed by atoms with Crippen molar-refractivity contribution in [3.05, 3.63) is 125 Å². The summed E-state index contributed by atoms with van der Waals surface area (Å²) < 4.78 is 35.1. The van der Waals surface area contributed by atoms with Crippen molar-refractivity contribution in [2.75, 3.05) is 24.0 Å². The number of carbonyl (C=O) groups is 2. The lowest BCUT2D eigenvalue weighted by molar-refractivity contribution is -0.140. The zero-order valence-electron chi connectivity index (χ0n) is 27.1. The third kappa shape index (κ3) is 9.83. The molecule has 4 rings (SSSR count). The van der Waals surface area contributed by atoms with E-state index in [2.05, 4.69) is 5.32 Å². The fraction of sp³-hybridized carbons (Fsp3) is 0.297. The van der Waals surface area contributed by atoms with Crippen molar-refractivity contribution in [1.29, 1.82) is 0 Å². The summed E-state index contributed by atoms with van der Waals surface area (Å²) in [6.07, 6.45) is 1.92. The zero-order chi connectivity index (χ0) is 33.8. The smallest absolute Gasteiger partial charge is 0.264 e. The minimum Gasteiger partial charge on any atom is -0.494 e. The lowest BCUT2D eigenvalue weighted by Gasteiger charge is -2.34. The molecule has 0 aliphatic carbocycles. The van der Waals surface area contributed by atoms with Gasteiger partial charge in [-0.3, -0.25) is 13.9 Å². The summed E-state index contributed by atoms with van der Waals surface area (Å²) in [6, 6.07) is 28.7. The molecular formula is C37H42ClN3O5S. The molecule has 8 nitrogen and oxygen atoms in total. The first-order valence-corrected chi connectivity index (χ1v) is 17.6. The first-order chi connectivity index (χ1) is 22.6. The van der Waals surface area contributed by atoms with Gasteiger partial charge >= 0.3 is 0 Å². The number of unbranched alkanes of at least 4 members (excludes halogenated alkanes) is 1. The average Bonchev–Trinajstić information content (AvgIpc) is 3.06. The molecule has 2 amide bonds. The summed E-state index contributed by atoms with van der Waals surface area (Å²) in [7, 11) is -4.22. The molecule has 0 heterocycles. The number of halogens is 1. The fourth-order valence-corrected chi connectivity index (χ4v) is 6.76. The molecule has 0 unspecified atom stereocenters. The third-order valence-corrected chi connectivity index (χ3v) is 9.69. The number of benzene rings is 4. The van der Waals surface area contributed by atoms with Crippen molar-refractivity contribution < 1.29 is 22.7 Å². The lowest BCUT2D eigenvalue weighted by atomic mass is 10.0. The molecule has 1 atom stereocenters. The van der Waals surface area contributed by atoms with Crippen molar-refractivity contribution in [2.45, 2.75) is 57.5 Å². The Bertz CT molecular complexity index is 1720. The maximum atomic E-state index is 14.6. The number of anilines is 1. The molecule has 0 fully saturated rings. The molecule has 0 aliphatic rings. The average molecular weight is 676 g/mol. The highest BCUT2D eigenvalue weighted by Crippen LogP contribution is 2.27. The van der Waals surface area contributed by atoms with Gasteiger partial charge in [0.1, 0.15) is 18.3 Å². The maximum Gasteiger partial charge on any atom is 0.264 e. The summed E-state index contributed by atoms with van der Waals surface area (Å²) in [4.78, 5) is 29.9. The van der Waals surface area contributed by atoms with Crippen LogP contribution < -0.4 is 14.4 Å². The van der Waals surface area contributed by atoms with E-state index in [1.54, 1.807) is 54.6 Å². The van der Waals surface area contributed by atoms with Gasteiger partial charge in [-0.1, -0.05) is 85.1 Å². The van der Waals surface area contributed by atoms with Gasteiger partial charge in [-0.25, -0.2) is 8.42 Å². The molecular weight excluding hydrogens is 634 g/mol. The molecule has 0 aliphatic heterocycles. The van der Waals surface area contributed by atoms with Gasteiger partial charge in [0.2, 0.25) is 11.8 Å². The van der Waals surface area contributed by atoms with E-state index in [0.717, 1.165) is 28.3 Å². The van der Waals surface area contributed by atoms with E-state index < -0.39 is 28.5 Å². The Kier molecular flexibility index (Phi) is 12.8. The number of ether oxygens (including phenoxy) is 1. The summed E-state index contributed by atoms with van der Waals surface area (Å²) in [5.74, 6) is -0.310. The molecule has 0 aromatic heterocycles. The van der Waals surface area contributed by atoms with Crippen LogP contribution in [0, 0.1) is 6.92 Å². The van der Waals surface area contributed by atoms with Gasteiger partial charge in [0.15, 0.2) is 0 Å². The first-order valence-electron chi connectivity index (χ1n) is 15.8. The van der Waals surface area contributed by atoms with Crippen molar-refractivity contribution in [1.82, 2.24) is 10.2 Å². The molecule has 4 aromatic carbocycles. The molecule has 10 heteroatoms. The van der Waals surface area contributed by atoms with E-state index in [4.69, 9.17) is 16.3 Å². The molecule has 47 heavy (non-hydrogen) atoms. The van der Waals surface area contributed by atoms with Crippen LogP contribution in [-0.4, -0.2) is 50.9 Å². The van der Waals surface area contributed by atoms with Crippen molar-refractivity contribution in [2.24, 2.45) is 0 Å². The van der Waals surface area contributed by atoms with Crippen LogP contribution in [0.2, 0.25) is 5.02 Å². The third-order valence-electron chi connectivity index (χ3n) is 7.67. The molecule has 0 bridgehead atoms. The van der Waals surface area contributed by atoms with E-state index in [0.29, 0.717) is 35.2 Å². The zero-order valence-corrected chi connectivity index (χ0v) is 28.6. The Morgan fingerprint density at radius 1 is 0.872 bits per heavy atom. The summed E-state index contributed by atoms with van der Waals surface area (Å²) in [5, 5.41) is 3.48. The van der Waals surface area contributed by atoms with Crippen molar-refractivity contribution in [3.63, 3.8) is 0 Å². The molecule has 0 saturated heterocycles. The largest absolute Gasteiger partial charge is 0.494 e. The number of amides is 2. The van der Waals surface area contributed by atoms with Crippen LogP contribution >= 0.6 is 11.6 Å². The Hall–Kier alpha value is -4.34. The van der Waals surface area contributed by atoms with Crippen LogP contribution in [-0.2, 0) is 32.6 Å². The Morgan fingerprint density at radius 3 is 2.19 bits per heavy atom. The van der Waals surface area contributed by atoms with Crippen LogP contribution in [0.1, 0.15) is 43.4 Å². The van der Waals surface area contributed by atoms with Crippen LogP contribution in [0.3, 0.4) is 0 Å². The number of aryl methyl sites for hydroxylation is 1. The van der Waals surface area contributed by atoms with Gasteiger partial charge in [0.05, 0.1) is 17.2 Å². The fourth-order valence-electron chi connectivity index (χ4n) is 5.13. The van der Waals surface area contributed by atoms with Gasteiger partial charge < -0.3 is 15.0 Å². The number of carbonyl (C=O) groups excluding carboxylic acids is 2. The molecule has 4 aromatic rings. The monoisotopic (exact) mass is 675 g/mol. The Morgan fingerprint density at radius 2 is 1.55 bits per heavy atom. The van der Waals surface area contributed by atoms with E-state index in [1.165, 1.54) is 17.0 Å². The van der Waals surface area contributed by atoms with E-state index >= 15 is 0 Å². The minimum absolute atomic E-state index is 0.00821. The number of hydrogen-bond acceptors (Lipinski definition) is 5. The van der Waals surface area contributed by atoms with Gasteiger partial charge in [-0.2, -0.15) is 0 Å². The predicted octanol–water partition coefficient (Wildman–Crippen LogP) is 6.80. The van der Waals surface area contributed by atoms with E-state index in [1.807, 2.05) is 57.2 Å². The number of sulfonamides is 1. The van der Waals surface area contributed by atoms with Crippen LogP contribution in [0.4, 0.5) is 5.69 Å². The second-order valence-corrected chi connectivity index (χ2v) is 13.6. The van der Waals surface area contributed by atoms with E-state index in [9.17, 15) is 18.0 Å².